The van der Waals surface area contributed by atoms with Crippen LogP contribution in [0.4, 0.5) is 0 Å². The van der Waals surface area contributed by atoms with Crippen LogP contribution in [0.25, 0.3) is 0 Å². The molecule has 1 saturated carbocycles. The molecule has 1 rings (SSSR count). The van der Waals surface area contributed by atoms with Gasteiger partial charge in [-0.25, -0.2) is 0 Å². The van der Waals surface area contributed by atoms with Gasteiger partial charge in [0, 0.05) is 0 Å². The molecule has 0 spiro atoms. The summed E-state index contributed by atoms with van der Waals surface area (Å²) in [5.41, 5.74) is -0.499. The average molecular weight is 237 g/mol. The van der Waals surface area contributed by atoms with E-state index in [0.29, 0.717) is 6.42 Å². The summed E-state index contributed by atoms with van der Waals surface area (Å²) >= 11 is 2.67. The van der Waals surface area contributed by atoms with Crippen LogP contribution in [0.1, 0.15) is 32.6 Å². The monoisotopic (exact) mass is 236 g/mol. The molecule has 1 fully saturated rings. The largest absolute Gasteiger partial charge is 0.393 e. The van der Waals surface area contributed by atoms with E-state index < -0.39 is 5.41 Å². The number of aliphatic hydroxyl groups excluding tert-OH is 1. The van der Waals surface area contributed by atoms with Crippen molar-refractivity contribution in [2.75, 3.05) is 0 Å². The Hall–Kier alpha value is -0.0900. The predicted molar refractivity (Wildman–Crippen MR) is 47.6 cm³/mol. The molecule has 4 heteroatoms. The Morgan fingerprint density at radius 1 is 1.75 bits per heavy atom. The summed E-state index contributed by atoms with van der Waals surface area (Å²) < 4.78 is 4.50. The Balaban J connectivity index is 2.63. The standard InChI is InChI=1S/C8H13BrO3/c1-8(7(11)12-9)4-2-3-6(10)5-8/h6,10H,2-5H2,1H3. The number of carbonyl (C=O) groups excluding carboxylic acids is 1. The van der Waals surface area contributed by atoms with Crippen molar-refractivity contribution in [1.82, 2.24) is 0 Å². The first kappa shape index (κ1) is 9.99. The summed E-state index contributed by atoms with van der Waals surface area (Å²) in [4.78, 5) is 11.3. The van der Waals surface area contributed by atoms with Gasteiger partial charge in [-0.1, -0.05) is 0 Å². The van der Waals surface area contributed by atoms with Crippen molar-refractivity contribution in [1.29, 1.82) is 0 Å². The van der Waals surface area contributed by atoms with E-state index in [-0.39, 0.29) is 12.1 Å². The maximum absolute atomic E-state index is 11.3. The first-order valence-electron chi connectivity index (χ1n) is 4.09. The first-order valence-corrected chi connectivity index (χ1v) is 4.74. The number of rotatable bonds is 1. The second kappa shape index (κ2) is 3.75. The van der Waals surface area contributed by atoms with Crippen LogP contribution in [0, 0.1) is 5.41 Å². The SMILES string of the molecule is CC1(C(=O)OBr)CCCC(O)C1. The maximum atomic E-state index is 11.3. The van der Waals surface area contributed by atoms with Crippen molar-refractivity contribution in [3.8, 4) is 0 Å². The molecule has 0 aromatic rings. The third-order valence-electron chi connectivity index (χ3n) is 2.51. The Morgan fingerprint density at radius 3 is 2.92 bits per heavy atom. The van der Waals surface area contributed by atoms with Gasteiger partial charge in [0.1, 0.15) is 0 Å². The van der Waals surface area contributed by atoms with Crippen molar-refractivity contribution >= 4 is 22.2 Å². The lowest BCUT2D eigenvalue weighted by molar-refractivity contribution is -0.146. The topological polar surface area (TPSA) is 46.5 Å². The van der Waals surface area contributed by atoms with E-state index >= 15 is 0 Å². The summed E-state index contributed by atoms with van der Waals surface area (Å²) in [6, 6.07) is 0. The molecule has 0 bridgehead atoms. The van der Waals surface area contributed by atoms with Gasteiger partial charge in [-0.3, -0.25) is 4.79 Å². The van der Waals surface area contributed by atoms with Gasteiger partial charge in [0.2, 0.25) is 0 Å². The van der Waals surface area contributed by atoms with Gasteiger partial charge in [-0.15, -0.1) is 0 Å². The summed E-state index contributed by atoms with van der Waals surface area (Å²) in [5.74, 6) is -0.277. The molecule has 1 aliphatic rings. The fourth-order valence-electron chi connectivity index (χ4n) is 1.73. The van der Waals surface area contributed by atoms with E-state index in [1.807, 2.05) is 6.92 Å². The lowest BCUT2D eigenvalue weighted by Gasteiger charge is -2.32. The third-order valence-corrected chi connectivity index (χ3v) is 2.81. The van der Waals surface area contributed by atoms with E-state index in [4.69, 9.17) is 0 Å². The number of hydrogen-bond acceptors (Lipinski definition) is 3. The molecule has 2 unspecified atom stereocenters. The minimum Gasteiger partial charge on any atom is -0.393 e. The highest BCUT2D eigenvalue weighted by Gasteiger charge is 2.39. The number of halogens is 1. The van der Waals surface area contributed by atoms with Gasteiger partial charge in [-0.05, 0) is 32.6 Å². The fourth-order valence-corrected chi connectivity index (χ4v) is 2.12. The van der Waals surface area contributed by atoms with Crippen LogP contribution in [0.3, 0.4) is 0 Å². The van der Waals surface area contributed by atoms with Crippen LogP contribution < -0.4 is 0 Å². The minimum absolute atomic E-state index is 0.277. The number of carbonyl (C=O) groups is 1. The van der Waals surface area contributed by atoms with Crippen LogP contribution in [-0.2, 0) is 8.62 Å². The van der Waals surface area contributed by atoms with Crippen LogP contribution in [0.2, 0.25) is 0 Å². The molecule has 1 aliphatic carbocycles. The molecule has 0 amide bonds. The van der Waals surface area contributed by atoms with Crippen molar-refractivity contribution in [3.63, 3.8) is 0 Å². The first-order chi connectivity index (χ1) is 5.58. The van der Waals surface area contributed by atoms with Crippen LogP contribution in [0.5, 0.6) is 0 Å². The lowest BCUT2D eigenvalue weighted by atomic mass is 9.74. The molecule has 0 radical (unpaired) electrons. The van der Waals surface area contributed by atoms with Gasteiger partial charge in [0.25, 0.3) is 0 Å². The Bertz CT molecular complexity index is 183. The third kappa shape index (κ3) is 1.98. The maximum Gasteiger partial charge on any atom is 0.323 e. The zero-order valence-corrected chi connectivity index (χ0v) is 8.63. The molecular formula is C8H13BrO3. The Labute approximate surface area is 80.5 Å². The quantitative estimate of drug-likeness (QED) is 0.756. The molecule has 1 N–H and O–H groups in total. The van der Waals surface area contributed by atoms with Crippen LogP contribution in [-0.4, -0.2) is 17.2 Å². The molecule has 12 heavy (non-hydrogen) atoms. The van der Waals surface area contributed by atoms with Crippen LogP contribution in [0.15, 0.2) is 0 Å². The molecule has 0 saturated heterocycles. The van der Waals surface area contributed by atoms with Gasteiger partial charge in [0.15, 0.2) is 16.3 Å². The van der Waals surface area contributed by atoms with E-state index in [1.54, 1.807) is 0 Å². The van der Waals surface area contributed by atoms with E-state index in [9.17, 15) is 9.90 Å². The average Bonchev–Trinajstić information content (AvgIpc) is 2.02. The molecular weight excluding hydrogens is 224 g/mol. The second-order valence-corrected chi connectivity index (χ2v) is 4.00. The molecule has 2 atom stereocenters. The van der Waals surface area contributed by atoms with Crippen molar-refractivity contribution in [3.05, 3.63) is 0 Å². The van der Waals surface area contributed by atoms with Gasteiger partial charge < -0.3 is 8.93 Å². The number of hydrogen-bond donors (Lipinski definition) is 1. The van der Waals surface area contributed by atoms with Gasteiger partial charge in [0.05, 0.1) is 11.5 Å². The molecule has 70 valence electrons. The van der Waals surface area contributed by atoms with Crippen molar-refractivity contribution in [2.45, 2.75) is 38.7 Å². The Morgan fingerprint density at radius 2 is 2.42 bits per heavy atom. The van der Waals surface area contributed by atoms with E-state index in [1.165, 1.54) is 0 Å². The highest BCUT2D eigenvalue weighted by molar-refractivity contribution is 9.06. The smallest absolute Gasteiger partial charge is 0.323 e. The predicted octanol–water partition coefficient (Wildman–Crippen LogP) is 1.78. The van der Waals surface area contributed by atoms with Crippen molar-refractivity contribution < 1.29 is 13.7 Å². The van der Waals surface area contributed by atoms with Crippen LogP contribution >= 0.6 is 16.3 Å². The minimum atomic E-state index is -0.499. The summed E-state index contributed by atoms with van der Waals surface area (Å²) in [6.45, 7) is 1.83. The lowest BCUT2D eigenvalue weighted by Crippen LogP contribution is -2.35. The molecule has 0 aromatic heterocycles. The van der Waals surface area contributed by atoms with E-state index in [0.717, 1.165) is 19.3 Å². The zero-order chi connectivity index (χ0) is 9.19. The molecule has 3 nitrogen and oxygen atoms in total. The molecule has 0 aromatic carbocycles. The molecule has 0 heterocycles. The normalized spacial score (nSPS) is 36.1. The zero-order valence-electron chi connectivity index (χ0n) is 7.05. The summed E-state index contributed by atoms with van der Waals surface area (Å²) in [6.07, 6.45) is 2.65. The highest BCUT2D eigenvalue weighted by Crippen LogP contribution is 2.37. The fraction of sp³-hybridized carbons (Fsp3) is 0.875. The van der Waals surface area contributed by atoms with Gasteiger partial charge >= 0.3 is 5.97 Å². The summed E-state index contributed by atoms with van der Waals surface area (Å²) in [7, 11) is 0. The van der Waals surface area contributed by atoms with Crippen molar-refractivity contribution in [2.24, 2.45) is 5.41 Å². The second-order valence-electron chi connectivity index (χ2n) is 3.68. The van der Waals surface area contributed by atoms with Gasteiger partial charge in [-0.2, -0.15) is 0 Å². The molecule has 0 aliphatic heterocycles. The van der Waals surface area contributed by atoms with E-state index in [2.05, 4.69) is 20.1 Å². The Kier molecular flexibility index (Phi) is 3.12. The summed E-state index contributed by atoms with van der Waals surface area (Å²) in [5, 5.41) is 9.37. The number of aliphatic hydroxyl groups is 1. The highest BCUT2D eigenvalue weighted by atomic mass is 79.9.